The number of anilines is 1. The van der Waals surface area contributed by atoms with Gasteiger partial charge < -0.3 is 5.32 Å². The van der Waals surface area contributed by atoms with Crippen molar-refractivity contribution in [1.82, 2.24) is 0 Å². The monoisotopic (exact) mass is 300 g/mol. The molecule has 0 heterocycles. The van der Waals surface area contributed by atoms with Crippen LogP contribution >= 0.6 is 11.6 Å². The third-order valence-corrected chi connectivity index (χ3v) is 2.22. The lowest BCUT2D eigenvalue weighted by Gasteiger charge is -2.14. The van der Waals surface area contributed by atoms with E-state index in [-0.39, 0.29) is 5.02 Å². The summed E-state index contributed by atoms with van der Waals surface area (Å²) in [7, 11) is 0. The molecule has 0 unspecified atom stereocenters. The molecule has 0 saturated heterocycles. The zero-order valence-corrected chi connectivity index (χ0v) is 9.63. The van der Waals surface area contributed by atoms with Crippen molar-refractivity contribution in [2.24, 2.45) is 0 Å². The molecule has 0 saturated carbocycles. The number of carbonyl (C=O) groups is 1. The highest BCUT2D eigenvalue weighted by Gasteiger charge is 2.49. The molecule has 0 aliphatic carbocycles. The number of benzene rings is 1. The molecule has 0 atom stereocenters. The molecule has 10 heteroatoms. The number of alkyl halides is 4. The number of carbonyl (C=O) groups excluding carboxylic acids is 1. The second kappa shape index (κ2) is 5.39. The Morgan fingerprint density at radius 2 is 2.00 bits per heavy atom. The van der Waals surface area contributed by atoms with Gasteiger partial charge in [-0.05, 0) is 12.1 Å². The summed E-state index contributed by atoms with van der Waals surface area (Å²) in [5, 5.41) is 11.9. The van der Waals surface area contributed by atoms with E-state index >= 15 is 0 Å². The lowest BCUT2D eigenvalue weighted by Crippen LogP contribution is -2.41. The van der Waals surface area contributed by atoms with Crippen molar-refractivity contribution in [2.45, 2.75) is 12.3 Å². The Kier molecular flexibility index (Phi) is 4.30. The summed E-state index contributed by atoms with van der Waals surface area (Å²) in [6.07, 6.45) is -4.22. The largest absolute Gasteiger partial charge is 0.383 e. The van der Waals surface area contributed by atoms with Crippen LogP contribution in [0.5, 0.6) is 0 Å². The standard InChI is InChI=1S/C9H5ClF4N2O3/c10-4-1-2-5(6(3-4)16(18)19)15-8(17)9(13,14)7(11)12/h1-3,7H,(H,15,17). The maximum atomic E-state index is 12.7. The quantitative estimate of drug-likeness (QED) is 0.527. The van der Waals surface area contributed by atoms with Crippen LogP contribution in [0.3, 0.4) is 0 Å². The summed E-state index contributed by atoms with van der Waals surface area (Å²) >= 11 is 5.45. The van der Waals surface area contributed by atoms with Crippen molar-refractivity contribution in [3.05, 3.63) is 33.3 Å². The molecule has 1 N–H and O–H groups in total. The van der Waals surface area contributed by atoms with Crippen molar-refractivity contribution in [2.75, 3.05) is 5.32 Å². The van der Waals surface area contributed by atoms with Crippen molar-refractivity contribution < 1.29 is 27.3 Å². The summed E-state index contributed by atoms with van der Waals surface area (Å²) in [6, 6.07) is 2.72. The number of nitrogens with zero attached hydrogens (tertiary/aromatic N) is 1. The minimum absolute atomic E-state index is 0.0784. The maximum Gasteiger partial charge on any atom is 0.383 e. The van der Waals surface area contributed by atoms with Gasteiger partial charge in [0.25, 0.3) is 5.69 Å². The molecule has 0 fully saturated rings. The minimum atomic E-state index is -4.95. The highest BCUT2D eigenvalue weighted by molar-refractivity contribution is 6.31. The van der Waals surface area contributed by atoms with Crippen LogP contribution in [0.25, 0.3) is 0 Å². The molecule has 1 aromatic carbocycles. The van der Waals surface area contributed by atoms with E-state index < -0.39 is 34.6 Å². The van der Waals surface area contributed by atoms with Crippen molar-refractivity contribution >= 4 is 28.9 Å². The molecular weight excluding hydrogens is 296 g/mol. The average molecular weight is 301 g/mol. The van der Waals surface area contributed by atoms with Gasteiger partial charge in [0.05, 0.1) is 4.92 Å². The zero-order valence-electron chi connectivity index (χ0n) is 8.87. The molecule has 19 heavy (non-hydrogen) atoms. The van der Waals surface area contributed by atoms with Crippen LogP contribution in [-0.4, -0.2) is 23.2 Å². The first kappa shape index (κ1) is 15.2. The van der Waals surface area contributed by atoms with Gasteiger partial charge in [0.15, 0.2) is 0 Å². The van der Waals surface area contributed by atoms with Crippen LogP contribution in [0.15, 0.2) is 18.2 Å². The average Bonchev–Trinajstić information content (AvgIpc) is 2.30. The highest BCUT2D eigenvalue weighted by Crippen LogP contribution is 2.30. The number of nitro groups is 1. The molecule has 1 amide bonds. The van der Waals surface area contributed by atoms with Gasteiger partial charge in [0, 0.05) is 11.1 Å². The van der Waals surface area contributed by atoms with E-state index in [1.807, 2.05) is 0 Å². The molecular formula is C9H5ClF4N2O3. The SMILES string of the molecule is O=C(Nc1ccc(Cl)cc1[N+](=O)[O-])C(F)(F)C(F)F. The molecule has 0 spiro atoms. The Bertz CT molecular complexity index is 524. The van der Waals surface area contributed by atoms with Gasteiger partial charge >= 0.3 is 18.3 Å². The number of nitrogens with one attached hydrogen (secondary N) is 1. The Labute approximate surface area is 108 Å². The maximum absolute atomic E-state index is 12.7. The van der Waals surface area contributed by atoms with Crippen molar-refractivity contribution in [3.63, 3.8) is 0 Å². The van der Waals surface area contributed by atoms with Crippen molar-refractivity contribution in [1.29, 1.82) is 0 Å². The van der Waals surface area contributed by atoms with E-state index in [2.05, 4.69) is 0 Å². The lowest BCUT2D eigenvalue weighted by molar-refractivity contribution is -0.383. The number of hydrogen-bond donors (Lipinski definition) is 1. The number of nitro benzene ring substituents is 1. The Morgan fingerprint density at radius 3 is 2.47 bits per heavy atom. The first-order valence-electron chi connectivity index (χ1n) is 4.57. The fourth-order valence-corrected chi connectivity index (χ4v) is 1.23. The normalized spacial score (nSPS) is 11.5. The van der Waals surface area contributed by atoms with Gasteiger partial charge in [-0.1, -0.05) is 11.6 Å². The van der Waals surface area contributed by atoms with Crippen LogP contribution in [0.4, 0.5) is 28.9 Å². The smallest absolute Gasteiger partial charge is 0.315 e. The number of halogens is 5. The van der Waals surface area contributed by atoms with E-state index in [4.69, 9.17) is 11.6 Å². The Balaban J connectivity index is 3.07. The van der Waals surface area contributed by atoms with Gasteiger partial charge in [-0.2, -0.15) is 8.78 Å². The van der Waals surface area contributed by atoms with Gasteiger partial charge in [0.2, 0.25) is 0 Å². The second-order valence-electron chi connectivity index (χ2n) is 3.30. The number of amides is 1. The van der Waals surface area contributed by atoms with E-state index in [0.29, 0.717) is 0 Å². The summed E-state index contributed by atoms with van der Waals surface area (Å²) < 4.78 is 49.2. The fraction of sp³-hybridized carbons (Fsp3) is 0.222. The molecule has 0 radical (unpaired) electrons. The highest BCUT2D eigenvalue weighted by atomic mass is 35.5. The molecule has 1 aromatic rings. The third-order valence-electron chi connectivity index (χ3n) is 1.98. The molecule has 104 valence electrons. The molecule has 1 rings (SSSR count). The predicted molar refractivity (Wildman–Crippen MR) is 57.7 cm³/mol. The molecule has 0 aromatic heterocycles. The predicted octanol–water partition coefficient (Wildman–Crippen LogP) is 3.09. The summed E-state index contributed by atoms with van der Waals surface area (Å²) in [6.45, 7) is 0. The summed E-state index contributed by atoms with van der Waals surface area (Å²) in [4.78, 5) is 20.5. The van der Waals surface area contributed by atoms with Gasteiger partial charge in [-0.3, -0.25) is 14.9 Å². The van der Waals surface area contributed by atoms with E-state index in [1.54, 1.807) is 0 Å². The molecule has 0 aliphatic heterocycles. The minimum Gasteiger partial charge on any atom is -0.315 e. The summed E-state index contributed by atoms with van der Waals surface area (Å²) in [5.41, 5.74) is -1.44. The molecule has 0 bridgehead atoms. The van der Waals surface area contributed by atoms with E-state index in [1.165, 1.54) is 5.32 Å². The van der Waals surface area contributed by atoms with Crippen LogP contribution in [-0.2, 0) is 4.79 Å². The van der Waals surface area contributed by atoms with Gasteiger partial charge in [0.1, 0.15) is 5.69 Å². The van der Waals surface area contributed by atoms with E-state index in [0.717, 1.165) is 18.2 Å². The third kappa shape index (κ3) is 3.31. The van der Waals surface area contributed by atoms with E-state index in [9.17, 15) is 32.5 Å². The van der Waals surface area contributed by atoms with Crippen LogP contribution in [0, 0.1) is 10.1 Å². The topological polar surface area (TPSA) is 72.2 Å². The van der Waals surface area contributed by atoms with Gasteiger partial charge in [-0.25, -0.2) is 8.78 Å². The second-order valence-corrected chi connectivity index (χ2v) is 3.73. The van der Waals surface area contributed by atoms with Crippen LogP contribution in [0.2, 0.25) is 5.02 Å². The van der Waals surface area contributed by atoms with Crippen molar-refractivity contribution in [3.8, 4) is 0 Å². The Morgan fingerprint density at radius 1 is 1.42 bits per heavy atom. The van der Waals surface area contributed by atoms with Crippen LogP contribution < -0.4 is 5.32 Å². The number of hydrogen-bond acceptors (Lipinski definition) is 3. The van der Waals surface area contributed by atoms with Gasteiger partial charge in [-0.15, -0.1) is 0 Å². The fourth-order valence-electron chi connectivity index (χ4n) is 1.07. The number of rotatable bonds is 4. The lowest BCUT2D eigenvalue weighted by atomic mass is 10.2. The zero-order chi connectivity index (χ0) is 14.8. The first-order chi connectivity index (χ1) is 8.66. The molecule has 5 nitrogen and oxygen atoms in total. The van der Waals surface area contributed by atoms with Crippen LogP contribution in [0.1, 0.15) is 0 Å². The molecule has 0 aliphatic rings. The summed E-state index contributed by atoms with van der Waals surface area (Å²) in [5.74, 6) is -7.29. The first-order valence-corrected chi connectivity index (χ1v) is 4.95. The Hall–Kier alpha value is -1.90.